The zero-order valence-electron chi connectivity index (χ0n) is 12.3. The van der Waals surface area contributed by atoms with Crippen LogP contribution in [0.3, 0.4) is 0 Å². The fourth-order valence-corrected chi connectivity index (χ4v) is 3.60. The number of piperidine rings is 1. The van der Waals surface area contributed by atoms with Crippen LogP contribution in [0.5, 0.6) is 0 Å². The predicted octanol–water partition coefficient (Wildman–Crippen LogP) is 2.92. The molecule has 0 aliphatic carbocycles. The third-order valence-electron chi connectivity index (χ3n) is 4.91. The number of hydrogen-bond donors (Lipinski definition) is 0. The third kappa shape index (κ3) is 2.85. The molecule has 0 radical (unpaired) electrons. The van der Waals surface area contributed by atoms with Crippen LogP contribution in [0.1, 0.15) is 37.8 Å². The second-order valence-electron chi connectivity index (χ2n) is 6.35. The quantitative estimate of drug-likeness (QED) is 0.805. The summed E-state index contributed by atoms with van der Waals surface area (Å²) < 4.78 is 0. The molecule has 1 aromatic carbocycles. The Morgan fingerprint density at radius 1 is 1.00 bits per heavy atom. The Morgan fingerprint density at radius 3 is 2.37 bits per heavy atom. The maximum absolute atomic E-state index is 2.72. The Kier molecular flexibility index (Phi) is 3.90. The summed E-state index contributed by atoms with van der Waals surface area (Å²) in [4.78, 5) is 5.34. The molecule has 2 heteroatoms. The lowest BCUT2D eigenvalue weighted by Gasteiger charge is -2.41. The molecule has 2 aliphatic rings. The molecule has 104 valence electrons. The van der Waals surface area contributed by atoms with E-state index >= 15 is 0 Å². The summed E-state index contributed by atoms with van der Waals surface area (Å²) in [7, 11) is 0. The van der Waals surface area contributed by atoms with E-state index in [9.17, 15) is 0 Å². The minimum Gasteiger partial charge on any atom is -0.301 e. The van der Waals surface area contributed by atoms with E-state index in [0.717, 1.165) is 6.04 Å². The van der Waals surface area contributed by atoms with E-state index in [0.29, 0.717) is 6.04 Å². The van der Waals surface area contributed by atoms with Gasteiger partial charge in [0, 0.05) is 25.2 Å². The Balaban J connectivity index is 1.60. The molecule has 2 nitrogen and oxygen atoms in total. The molecule has 1 fully saturated rings. The number of benzene rings is 1. The molecule has 0 bridgehead atoms. The van der Waals surface area contributed by atoms with Crippen molar-refractivity contribution >= 4 is 0 Å². The van der Waals surface area contributed by atoms with Gasteiger partial charge in [-0.15, -0.1) is 0 Å². The highest BCUT2D eigenvalue weighted by Gasteiger charge is 2.27. The van der Waals surface area contributed by atoms with Crippen molar-refractivity contribution in [1.82, 2.24) is 9.80 Å². The second-order valence-corrected chi connectivity index (χ2v) is 6.35. The molecule has 2 aliphatic heterocycles. The molecular weight excluding hydrogens is 232 g/mol. The summed E-state index contributed by atoms with van der Waals surface area (Å²) in [5, 5.41) is 0. The number of likely N-dealkylation sites (tertiary alicyclic amines) is 1. The number of hydrogen-bond acceptors (Lipinski definition) is 2. The highest BCUT2D eigenvalue weighted by atomic mass is 15.2. The SMILES string of the molecule is CC(C)N1CCC(N2CCc3ccccc3C2)CC1. The Hall–Kier alpha value is -0.860. The van der Waals surface area contributed by atoms with Crippen LogP contribution in [-0.4, -0.2) is 41.5 Å². The van der Waals surface area contributed by atoms with E-state index in [1.807, 2.05) is 0 Å². The highest BCUT2D eigenvalue weighted by molar-refractivity contribution is 5.29. The molecular formula is C17H26N2. The van der Waals surface area contributed by atoms with Gasteiger partial charge in [-0.1, -0.05) is 24.3 Å². The van der Waals surface area contributed by atoms with Gasteiger partial charge in [0.25, 0.3) is 0 Å². The number of rotatable bonds is 2. The Morgan fingerprint density at radius 2 is 1.68 bits per heavy atom. The van der Waals surface area contributed by atoms with Gasteiger partial charge in [0.15, 0.2) is 0 Å². The van der Waals surface area contributed by atoms with Gasteiger partial charge in [-0.25, -0.2) is 0 Å². The van der Waals surface area contributed by atoms with Gasteiger partial charge in [-0.05, 0) is 57.3 Å². The average Bonchev–Trinajstić information content (AvgIpc) is 2.47. The molecule has 0 unspecified atom stereocenters. The van der Waals surface area contributed by atoms with Crippen LogP contribution in [0, 0.1) is 0 Å². The minimum atomic E-state index is 0.711. The normalized spacial score (nSPS) is 22.7. The second kappa shape index (κ2) is 5.64. The van der Waals surface area contributed by atoms with Crippen molar-refractivity contribution in [2.24, 2.45) is 0 Å². The summed E-state index contributed by atoms with van der Waals surface area (Å²) in [6.07, 6.45) is 3.93. The molecule has 0 amide bonds. The fourth-order valence-electron chi connectivity index (χ4n) is 3.60. The van der Waals surface area contributed by atoms with Crippen LogP contribution < -0.4 is 0 Å². The van der Waals surface area contributed by atoms with E-state index < -0.39 is 0 Å². The number of fused-ring (bicyclic) bond motifs is 1. The molecule has 0 N–H and O–H groups in total. The fraction of sp³-hybridized carbons (Fsp3) is 0.647. The van der Waals surface area contributed by atoms with Crippen molar-refractivity contribution in [1.29, 1.82) is 0 Å². The standard InChI is InChI=1S/C17H26N2/c1-14(2)18-11-8-17(9-12-18)19-10-7-15-5-3-4-6-16(15)13-19/h3-6,14,17H,7-13H2,1-2H3. The average molecular weight is 258 g/mol. The van der Waals surface area contributed by atoms with Crippen LogP contribution in [-0.2, 0) is 13.0 Å². The van der Waals surface area contributed by atoms with E-state index in [4.69, 9.17) is 0 Å². The van der Waals surface area contributed by atoms with E-state index in [1.54, 1.807) is 11.1 Å². The maximum atomic E-state index is 2.72. The van der Waals surface area contributed by atoms with Crippen LogP contribution >= 0.6 is 0 Å². The summed E-state index contributed by atoms with van der Waals surface area (Å²) in [5.74, 6) is 0. The molecule has 19 heavy (non-hydrogen) atoms. The lowest BCUT2D eigenvalue weighted by molar-refractivity contribution is 0.0839. The molecule has 2 heterocycles. The van der Waals surface area contributed by atoms with Crippen LogP contribution in [0.2, 0.25) is 0 Å². The predicted molar refractivity (Wildman–Crippen MR) is 80.3 cm³/mol. The lowest BCUT2D eigenvalue weighted by atomic mass is 9.95. The first-order valence-corrected chi connectivity index (χ1v) is 7.79. The van der Waals surface area contributed by atoms with Crippen molar-refractivity contribution < 1.29 is 0 Å². The van der Waals surface area contributed by atoms with Crippen LogP contribution in [0.25, 0.3) is 0 Å². The summed E-state index contributed by atoms with van der Waals surface area (Å²) in [5.41, 5.74) is 3.12. The van der Waals surface area contributed by atoms with Gasteiger partial charge >= 0.3 is 0 Å². The van der Waals surface area contributed by atoms with Crippen molar-refractivity contribution in [2.45, 2.75) is 51.7 Å². The van der Waals surface area contributed by atoms with Gasteiger partial charge in [-0.3, -0.25) is 4.90 Å². The highest BCUT2D eigenvalue weighted by Crippen LogP contribution is 2.25. The zero-order chi connectivity index (χ0) is 13.2. The zero-order valence-corrected chi connectivity index (χ0v) is 12.3. The van der Waals surface area contributed by atoms with Crippen molar-refractivity contribution in [3.05, 3.63) is 35.4 Å². The topological polar surface area (TPSA) is 6.48 Å². The lowest BCUT2D eigenvalue weighted by Crippen LogP contribution is -2.48. The Labute approximate surface area is 117 Å². The van der Waals surface area contributed by atoms with E-state index in [1.165, 1.54) is 45.4 Å². The molecule has 0 atom stereocenters. The first-order valence-electron chi connectivity index (χ1n) is 7.79. The third-order valence-corrected chi connectivity index (χ3v) is 4.91. The first-order chi connectivity index (χ1) is 9.24. The Bertz CT molecular complexity index is 419. The first kappa shape index (κ1) is 13.1. The van der Waals surface area contributed by atoms with Gasteiger partial charge in [0.2, 0.25) is 0 Å². The molecule has 0 spiro atoms. The monoisotopic (exact) mass is 258 g/mol. The van der Waals surface area contributed by atoms with E-state index in [-0.39, 0.29) is 0 Å². The van der Waals surface area contributed by atoms with Crippen LogP contribution in [0.15, 0.2) is 24.3 Å². The van der Waals surface area contributed by atoms with E-state index in [2.05, 4.69) is 47.9 Å². The summed E-state index contributed by atoms with van der Waals surface area (Å²) in [6.45, 7) is 9.61. The van der Waals surface area contributed by atoms with Crippen molar-refractivity contribution in [3.63, 3.8) is 0 Å². The van der Waals surface area contributed by atoms with Gasteiger partial charge in [0.1, 0.15) is 0 Å². The van der Waals surface area contributed by atoms with Gasteiger partial charge in [-0.2, -0.15) is 0 Å². The molecule has 0 aromatic heterocycles. The molecule has 3 rings (SSSR count). The van der Waals surface area contributed by atoms with Gasteiger partial charge < -0.3 is 4.90 Å². The van der Waals surface area contributed by atoms with Crippen molar-refractivity contribution in [2.75, 3.05) is 19.6 Å². The molecule has 0 saturated carbocycles. The molecule has 1 saturated heterocycles. The number of nitrogens with zero attached hydrogens (tertiary/aromatic N) is 2. The largest absolute Gasteiger partial charge is 0.301 e. The molecule has 1 aromatic rings. The van der Waals surface area contributed by atoms with Crippen molar-refractivity contribution in [3.8, 4) is 0 Å². The summed E-state index contributed by atoms with van der Waals surface area (Å²) >= 11 is 0. The maximum Gasteiger partial charge on any atom is 0.0239 e. The minimum absolute atomic E-state index is 0.711. The smallest absolute Gasteiger partial charge is 0.0239 e. The van der Waals surface area contributed by atoms with Gasteiger partial charge in [0.05, 0.1) is 0 Å². The summed E-state index contributed by atoms with van der Waals surface area (Å²) in [6, 6.07) is 10.5. The van der Waals surface area contributed by atoms with Crippen LogP contribution in [0.4, 0.5) is 0 Å².